The average Bonchev–Trinajstić information content (AvgIpc) is 2.73. The molecule has 1 N–H and O–H groups in total. The van der Waals surface area contributed by atoms with Crippen LogP contribution in [-0.4, -0.2) is 38.9 Å². The predicted molar refractivity (Wildman–Crippen MR) is 123 cm³/mol. The first-order valence-corrected chi connectivity index (χ1v) is 11.0. The summed E-state index contributed by atoms with van der Waals surface area (Å²) in [5, 5.41) is 3.13. The standard InChI is InChI=1S/C26H35NO4/c1-19-8-6-7-9-21(19)26(13-15-31-25(2,3)18-26)17-24(28)27-14-12-20-10-11-22(29-4)23(16-20)30-5/h6-11,16H,12-15,17-18H2,1-5H3,(H,27,28)/t26-/m0/s1. The van der Waals surface area contributed by atoms with E-state index in [1.54, 1.807) is 14.2 Å². The first-order valence-electron chi connectivity index (χ1n) is 11.0. The molecule has 0 spiro atoms. The van der Waals surface area contributed by atoms with Crippen molar-refractivity contribution in [2.24, 2.45) is 0 Å². The second-order valence-corrected chi connectivity index (χ2v) is 9.10. The molecule has 0 aromatic heterocycles. The summed E-state index contributed by atoms with van der Waals surface area (Å²) in [6, 6.07) is 14.3. The lowest BCUT2D eigenvalue weighted by atomic mass is 9.66. The molecule has 2 aromatic carbocycles. The molecule has 1 saturated heterocycles. The van der Waals surface area contributed by atoms with Crippen LogP contribution < -0.4 is 14.8 Å². The summed E-state index contributed by atoms with van der Waals surface area (Å²) in [5.41, 5.74) is 3.14. The Morgan fingerprint density at radius 1 is 1.10 bits per heavy atom. The van der Waals surface area contributed by atoms with Crippen LogP contribution in [0.15, 0.2) is 42.5 Å². The number of amides is 1. The number of aryl methyl sites for hydroxylation is 1. The summed E-state index contributed by atoms with van der Waals surface area (Å²) in [4.78, 5) is 13.0. The van der Waals surface area contributed by atoms with Crippen molar-refractivity contribution < 1.29 is 19.0 Å². The van der Waals surface area contributed by atoms with E-state index in [0.29, 0.717) is 31.1 Å². The molecule has 0 unspecified atom stereocenters. The number of carbonyl (C=O) groups is 1. The summed E-state index contributed by atoms with van der Waals surface area (Å²) < 4.78 is 16.7. The first kappa shape index (κ1) is 23.1. The van der Waals surface area contributed by atoms with Gasteiger partial charge in [-0.25, -0.2) is 0 Å². The molecule has 3 rings (SSSR count). The van der Waals surface area contributed by atoms with Gasteiger partial charge in [-0.05, 0) is 68.9 Å². The highest BCUT2D eigenvalue weighted by molar-refractivity contribution is 5.78. The quantitative estimate of drug-likeness (QED) is 0.672. The third-order valence-corrected chi connectivity index (χ3v) is 6.24. The van der Waals surface area contributed by atoms with Crippen molar-refractivity contribution in [2.75, 3.05) is 27.4 Å². The summed E-state index contributed by atoms with van der Waals surface area (Å²) in [6.07, 6.45) is 2.88. The topological polar surface area (TPSA) is 56.8 Å². The van der Waals surface area contributed by atoms with E-state index in [-0.39, 0.29) is 16.9 Å². The van der Waals surface area contributed by atoms with E-state index in [2.05, 4.69) is 50.4 Å². The Kier molecular flexibility index (Phi) is 7.26. The van der Waals surface area contributed by atoms with E-state index >= 15 is 0 Å². The predicted octanol–water partition coefficient (Wildman–Crippen LogP) is 4.59. The molecule has 0 radical (unpaired) electrons. The molecule has 2 aromatic rings. The van der Waals surface area contributed by atoms with Crippen LogP contribution in [-0.2, 0) is 21.4 Å². The highest BCUT2D eigenvalue weighted by Crippen LogP contribution is 2.45. The molecule has 5 heteroatoms. The van der Waals surface area contributed by atoms with Crippen LogP contribution in [0.2, 0.25) is 0 Å². The second kappa shape index (κ2) is 9.73. The van der Waals surface area contributed by atoms with E-state index in [1.807, 2.05) is 18.2 Å². The van der Waals surface area contributed by atoms with Gasteiger partial charge in [-0.1, -0.05) is 30.3 Å². The largest absolute Gasteiger partial charge is 0.493 e. The van der Waals surface area contributed by atoms with Gasteiger partial charge in [0.1, 0.15) is 0 Å². The maximum Gasteiger partial charge on any atom is 0.220 e. The van der Waals surface area contributed by atoms with E-state index in [1.165, 1.54) is 11.1 Å². The van der Waals surface area contributed by atoms with Crippen molar-refractivity contribution in [3.63, 3.8) is 0 Å². The molecule has 1 fully saturated rings. The van der Waals surface area contributed by atoms with Crippen molar-refractivity contribution in [3.05, 3.63) is 59.2 Å². The number of nitrogens with one attached hydrogen (secondary N) is 1. The number of rotatable bonds is 8. The zero-order valence-corrected chi connectivity index (χ0v) is 19.4. The zero-order chi connectivity index (χ0) is 22.5. The zero-order valence-electron chi connectivity index (χ0n) is 19.4. The van der Waals surface area contributed by atoms with Crippen molar-refractivity contribution in [1.82, 2.24) is 5.32 Å². The molecule has 0 aliphatic carbocycles. The molecule has 31 heavy (non-hydrogen) atoms. The highest BCUT2D eigenvalue weighted by Gasteiger charge is 2.44. The number of hydrogen-bond acceptors (Lipinski definition) is 4. The van der Waals surface area contributed by atoms with Gasteiger partial charge in [-0.3, -0.25) is 4.79 Å². The molecule has 0 bridgehead atoms. The van der Waals surface area contributed by atoms with Crippen LogP contribution in [0, 0.1) is 6.92 Å². The SMILES string of the molecule is COc1ccc(CCNC(=O)C[C@@]2(c3ccccc3C)CCOC(C)(C)C2)cc1OC. The molecule has 0 saturated carbocycles. The summed E-state index contributed by atoms with van der Waals surface area (Å²) in [5.74, 6) is 1.49. The number of carbonyl (C=O) groups excluding carboxylic acids is 1. The van der Waals surface area contributed by atoms with Gasteiger partial charge in [-0.15, -0.1) is 0 Å². The molecule has 5 nitrogen and oxygen atoms in total. The van der Waals surface area contributed by atoms with E-state index in [4.69, 9.17) is 14.2 Å². The van der Waals surface area contributed by atoms with Crippen LogP contribution in [0.5, 0.6) is 11.5 Å². The van der Waals surface area contributed by atoms with Gasteiger partial charge in [0.25, 0.3) is 0 Å². The molecular weight excluding hydrogens is 390 g/mol. The van der Waals surface area contributed by atoms with E-state index in [9.17, 15) is 4.79 Å². The Morgan fingerprint density at radius 3 is 2.52 bits per heavy atom. The minimum atomic E-state index is -0.250. The maximum absolute atomic E-state index is 13.0. The Morgan fingerprint density at radius 2 is 1.84 bits per heavy atom. The van der Waals surface area contributed by atoms with Crippen LogP contribution in [0.25, 0.3) is 0 Å². The third kappa shape index (κ3) is 5.59. The number of ether oxygens (including phenoxy) is 3. The fraction of sp³-hybridized carbons (Fsp3) is 0.500. The van der Waals surface area contributed by atoms with Crippen LogP contribution in [0.3, 0.4) is 0 Å². The van der Waals surface area contributed by atoms with Crippen molar-refractivity contribution >= 4 is 5.91 Å². The van der Waals surface area contributed by atoms with E-state index in [0.717, 1.165) is 24.8 Å². The van der Waals surface area contributed by atoms with Gasteiger partial charge in [0.15, 0.2) is 11.5 Å². The summed E-state index contributed by atoms with van der Waals surface area (Å²) in [7, 11) is 3.25. The molecule has 1 amide bonds. The molecular formula is C26H35NO4. The molecule has 1 atom stereocenters. The lowest BCUT2D eigenvalue weighted by Crippen LogP contribution is -2.47. The second-order valence-electron chi connectivity index (χ2n) is 9.10. The molecule has 1 aliphatic heterocycles. The Hall–Kier alpha value is -2.53. The lowest BCUT2D eigenvalue weighted by molar-refractivity contribution is -0.126. The maximum atomic E-state index is 13.0. The fourth-order valence-electron chi connectivity index (χ4n) is 4.87. The van der Waals surface area contributed by atoms with Crippen molar-refractivity contribution in [1.29, 1.82) is 0 Å². The van der Waals surface area contributed by atoms with Gasteiger partial charge in [0, 0.05) is 25.0 Å². The highest BCUT2D eigenvalue weighted by atomic mass is 16.5. The lowest BCUT2D eigenvalue weighted by Gasteiger charge is -2.45. The number of benzene rings is 2. The molecule has 1 aliphatic rings. The monoisotopic (exact) mass is 425 g/mol. The summed E-state index contributed by atoms with van der Waals surface area (Å²) >= 11 is 0. The van der Waals surface area contributed by atoms with E-state index < -0.39 is 0 Å². The van der Waals surface area contributed by atoms with Gasteiger partial charge < -0.3 is 19.5 Å². The van der Waals surface area contributed by atoms with Gasteiger partial charge in [0.05, 0.1) is 19.8 Å². The summed E-state index contributed by atoms with van der Waals surface area (Å²) in [6.45, 7) is 7.62. The normalized spacial score (nSPS) is 20.2. The Labute approximate surface area is 186 Å². The van der Waals surface area contributed by atoms with Crippen LogP contribution in [0.1, 0.15) is 49.8 Å². The Balaban J connectivity index is 1.68. The third-order valence-electron chi connectivity index (χ3n) is 6.24. The van der Waals surface area contributed by atoms with Crippen molar-refractivity contribution in [2.45, 2.75) is 57.5 Å². The minimum absolute atomic E-state index is 0.0847. The fourth-order valence-corrected chi connectivity index (χ4v) is 4.87. The van der Waals surface area contributed by atoms with Gasteiger partial charge in [-0.2, -0.15) is 0 Å². The molecule has 168 valence electrons. The number of methoxy groups -OCH3 is 2. The van der Waals surface area contributed by atoms with Crippen LogP contribution >= 0.6 is 0 Å². The van der Waals surface area contributed by atoms with Gasteiger partial charge in [0.2, 0.25) is 5.91 Å². The first-order chi connectivity index (χ1) is 14.8. The Bertz CT molecular complexity index is 908. The average molecular weight is 426 g/mol. The number of hydrogen-bond donors (Lipinski definition) is 1. The minimum Gasteiger partial charge on any atom is -0.493 e. The van der Waals surface area contributed by atoms with Gasteiger partial charge >= 0.3 is 0 Å². The van der Waals surface area contributed by atoms with Crippen molar-refractivity contribution in [3.8, 4) is 11.5 Å². The van der Waals surface area contributed by atoms with Crippen LogP contribution in [0.4, 0.5) is 0 Å². The smallest absolute Gasteiger partial charge is 0.220 e. The molecule has 1 heterocycles.